The first-order valence-electron chi connectivity index (χ1n) is 19.9. The van der Waals surface area contributed by atoms with Gasteiger partial charge in [-0.25, -0.2) is 14.3 Å². The van der Waals surface area contributed by atoms with Gasteiger partial charge >= 0.3 is 11.9 Å². The lowest BCUT2D eigenvalue weighted by Crippen LogP contribution is -2.63. The number of hydrogen-bond donors (Lipinski definition) is 2. The number of oxime groups is 1. The number of benzene rings is 2. The molecule has 2 aliphatic carbocycles. The SMILES string of the molecule is C=CCOc1ccc2c(c1)[C@H]1[C@H](CCCCO)[C@@H](CCCCO)C=C3C(=NOCc4ccc([N+](=O)[O-])cc4)C[C@H](n4nnc(C(=O)OC)c4C(=O)OC)[C@@](OCC=C)(O2)[C@H]31. The van der Waals surface area contributed by atoms with Gasteiger partial charge in [-0.1, -0.05) is 48.0 Å². The number of esters is 2. The van der Waals surface area contributed by atoms with Gasteiger partial charge in [0.2, 0.25) is 11.5 Å². The Hall–Kier alpha value is -5.91. The van der Waals surface area contributed by atoms with Gasteiger partial charge in [-0.3, -0.25) is 10.1 Å². The zero-order valence-corrected chi connectivity index (χ0v) is 33.8. The fraction of sp³-hybridized carbons (Fsp3) is 0.465. The van der Waals surface area contributed by atoms with E-state index < -0.39 is 34.6 Å². The molecule has 6 rings (SSSR count). The van der Waals surface area contributed by atoms with Crippen LogP contribution >= 0.6 is 0 Å². The number of nitro benzene ring substituents is 1. The maximum Gasteiger partial charge on any atom is 0.361 e. The maximum atomic E-state index is 13.6. The highest BCUT2D eigenvalue weighted by atomic mass is 16.7. The van der Waals surface area contributed by atoms with Crippen molar-refractivity contribution in [1.82, 2.24) is 15.0 Å². The van der Waals surface area contributed by atoms with Gasteiger partial charge < -0.3 is 38.7 Å². The van der Waals surface area contributed by atoms with E-state index >= 15 is 0 Å². The lowest BCUT2D eigenvalue weighted by atomic mass is 9.55. The average molecular weight is 830 g/mol. The van der Waals surface area contributed by atoms with Crippen LogP contribution in [0.15, 0.2) is 84.6 Å². The van der Waals surface area contributed by atoms with Gasteiger partial charge in [0.1, 0.15) is 30.8 Å². The average Bonchev–Trinajstić information content (AvgIpc) is 3.71. The van der Waals surface area contributed by atoms with Crippen molar-refractivity contribution in [3.8, 4) is 11.5 Å². The second-order valence-corrected chi connectivity index (χ2v) is 14.8. The molecule has 320 valence electrons. The van der Waals surface area contributed by atoms with Gasteiger partial charge in [-0.15, -0.1) is 11.7 Å². The molecule has 2 heterocycles. The van der Waals surface area contributed by atoms with E-state index in [0.717, 1.165) is 31.1 Å². The van der Waals surface area contributed by atoms with Crippen molar-refractivity contribution in [3.05, 3.63) is 112 Å². The summed E-state index contributed by atoms with van der Waals surface area (Å²) in [6, 6.07) is 10.5. The topological polar surface area (TPSA) is 216 Å². The van der Waals surface area contributed by atoms with Crippen LogP contribution in [0.1, 0.15) is 89.0 Å². The first kappa shape index (κ1) is 43.7. The zero-order chi connectivity index (χ0) is 42.8. The van der Waals surface area contributed by atoms with Crippen LogP contribution in [-0.4, -0.2) is 94.2 Å². The molecule has 0 unspecified atom stereocenters. The number of unbranched alkanes of at least 4 members (excludes halogenated alkanes) is 2. The molecule has 17 heteroatoms. The van der Waals surface area contributed by atoms with Crippen molar-refractivity contribution in [3.63, 3.8) is 0 Å². The molecule has 0 radical (unpaired) electrons. The molecule has 1 fully saturated rings. The third kappa shape index (κ3) is 8.83. The molecular formula is C43H51N5O12. The summed E-state index contributed by atoms with van der Waals surface area (Å²) in [4.78, 5) is 43.5. The van der Waals surface area contributed by atoms with Crippen LogP contribution in [0, 0.1) is 27.9 Å². The molecule has 60 heavy (non-hydrogen) atoms. The lowest BCUT2D eigenvalue weighted by molar-refractivity contribution is -0.384. The molecule has 3 aliphatic rings. The molecule has 2 aromatic carbocycles. The summed E-state index contributed by atoms with van der Waals surface area (Å²) in [5.41, 5.74) is 2.01. The Morgan fingerprint density at radius 2 is 1.73 bits per heavy atom. The summed E-state index contributed by atoms with van der Waals surface area (Å²) >= 11 is 0. The number of methoxy groups -OCH3 is 2. The van der Waals surface area contributed by atoms with Crippen LogP contribution < -0.4 is 9.47 Å². The molecule has 1 saturated carbocycles. The minimum absolute atomic E-state index is 0.00513. The number of nitrogens with zero attached hydrogens (tertiary/aromatic N) is 5. The minimum Gasteiger partial charge on any atom is -0.490 e. The summed E-state index contributed by atoms with van der Waals surface area (Å²) < 4.78 is 31.5. The van der Waals surface area contributed by atoms with E-state index in [1.54, 1.807) is 30.4 Å². The summed E-state index contributed by atoms with van der Waals surface area (Å²) in [5.74, 6) is -3.47. The van der Waals surface area contributed by atoms with E-state index in [9.17, 15) is 29.9 Å². The van der Waals surface area contributed by atoms with Crippen LogP contribution in [0.5, 0.6) is 11.5 Å². The lowest BCUT2D eigenvalue weighted by Gasteiger charge is -2.58. The third-order valence-corrected chi connectivity index (χ3v) is 11.3. The van der Waals surface area contributed by atoms with Crippen LogP contribution in [0.3, 0.4) is 0 Å². The highest BCUT2D eigenvalue weighted by molar-refractivity contribution is 6.03. The third-order valence-electron chi connectivity index (χ3n) is 11.3. The summed E-state index contributed by atoms with van der Waals surface area (Å²) in [6.45, 7) is 8.06. The number of non-ortho nitro benzene ring substituents is 1. The van der Waals surface area contributed by atoms with E-state index in [1.807, 2.05) is 12.1 Å². The fourth-order valence-electron chi connectivity index (χ4n) is 8.75. The second kappa shape index (κ2) is 19.9. The van der Waals surface area contributed by atoms with Crippen LogP contribution in [0.25, 0.3) is 0 Å². The van der Waals surface area contributed by atoms with E-state index in [-0.39, 0.29) is 74.3 Å². The summed E-state index contributed by atoms with van der Waals surface area (Å²) in [5, 5.41) is 44.2. The fourth-order valence-corrected chi connectivity index (χ4v) is 8.75. The van der Waals surface area contributed by atoms with Gasteiger partial charge in [0, 0.05) is 43.2 Å². The molecule has 1 aliphatic heterocycles. The smallest absolute Gasteiger partial charge is 0.361 e. The van der Waals surface area contributed by atoms with E-state index in [0.29, 0.717) is 48.5 Å². The molecule has 17 nitrogen and oxygen atoms in total. The van der Waals surface area contributed by atoms with Gasteiger partial charge in [-0.2, -0.15) is 0 Å². The van der Waals surface area contributed by atoms with Crippen molar-refractivity contribution < 1.29 is 53.2 Å². The first-order chi connectivity index (χ1) is 29.2. The maximum absolute atomic E-state index is 13.6. The quantitative estimate of drug-likeness (QED) is 0.0412. The predicted octanol–water partition coefficient (Wildman–Crippen LogP) is 6.03. The summed E-state index contributed by atoms with van der Waals surface area (Å²) in [6.07, 6.45) is 9.53. The highest BCUT2D eigenvalue weighted by Gasteiger charge is 2.65. The number of fused-ring (bicyclic) bond motifs is 2. The number of carbonyl (C=O) groups excluding carboxylic acids is 2. The molecule has 1 aromatic heterocycles. The van der Waals surface area contributed by atoms with Gasteiger partial charge in [0.15, 0.2) is 5.69 Å². The molecule has 0 amide bonds. The monoisotopic (exact) mass is 829 g/mol. The molecule has 0 spiro atoms. The van der Waals surface area contributed by atoms with Crippen molar-refractivity contribution in [2.75, 3.05) is 40.6 Å². The number of aliphatic hydroxyl groups is 2. The molecular weight excluding hydrogens is 778 g/mol. The molecule has 0 bridgehead atoms. The predicted molar refractivity (Wildman–Crippen MR) is 216 cm³/mol. The Bertz CT molecular complexity index is 2100. The molecule has 2 N–H and O–H groups in total. The van der Waals surface area contributed by atoms with E-state index in [4.69, 9.17) is 33.7 Å². The number of ether oxygens (including phenoxy) is 5. The van der Waals surface area contributed by atoms with Crippen molar-refractivity contribution >= 4 is 23.3 Å². The second-order valence-electron chi connectivity index (χ2n) is 14.8. The van der Waals surface area contributed by atoms with Crippen LogP contribution in [0.2, 0.25) is 0 Å². The van der Waals surface area contributed by atoms with E-state index in [2.05, 4.69) is 29.5 Å². The van der Waals surface area contributed by atoms with Gasteiger partial charge in [0.05, 0.1) is 37.4 Å². The summed E-state index contributed by atoms with van der Waals surface area (Å²) in [7, 11) is 2.34. The highest BCUT2D eigenvalue weighted by Crippen LogP contribution is 2.63. The van der Waals surface area contributed by atoms with Crippen molar-refractivity contribution in [1.29, 1.82) is 0 Å². The Kier molecular flexibility index (Phi) is 14.5. The first-order valence-corrected chi connectivity index (χ1v) is 19.9. The number of hydrogen-bond acceptors (Lipinski definition) is 15. The minimum atomic E-state index is -1.65. The van der Waals surface area contributed by atoms with Crippen molar-refractivity contribution in [2.24, 2.45) is 22.9 Å². The number of carbonyl (C=O) groups is 2. The standard InChI is InChI=1S/C43H51N5O12/c1-5-21-57-30-17-18-35-33(24-30)37-31(12-8-10-20-50)28(11-7-9-19-49)23-32-34(45-59-26-27-13-15-29(16-14-27)48(53)54)25-36(43(60-35,38(32)37)58-22-6-2)47-40(42(52)56-4)39(44-46-47)41(51)55-3/h5-6,13-18,23-24,28,31,36-38,49-50H,1-2,7-12,19-22,25-26H2,3-4H3/t28-,31+,36-,37+,38+,43+/m0/s1. The number of allylic oxidation sites excluding steroid dienone is 1. The van der Waals surface area contributed by atoms with Crippen LogP contribution in [0.4, 0.5) is 5.69 Å². The number of rotatable bonds is 21. The molecule has 3 aromatic rings. The molecule has 6 atom stereocenters. The van der Waals surface area contributed by atoms with Crippen LogP contribution in [-0.2, 0) is 25.7 Å². The van der Waals surface area contributed by atoms with E-state index in [1.165, 1.54) is 23.9 Å². The van der Waals surface area contributed by atoms with Crippen molar-refractivity contribution in [2.45, 2.75) is 69.3 Å². The largest absolute Gasteiger partial charge is 0.490 e. The Balaban J connectivity index is 1.61. The number of nitro groups is 1. The zero-order valence-electron chi connectivity index (χ0n) is 33.8. The number of aromatic nitrogens is 3. The Morgan fingerprint density at radius 1 is 1.02 bits per heavy atom. The van der Waals surface area contributed by atoms with Gasteiger partial charge in [0.25, 0.3) is 5.69 Å². The van der Waals surface area contributed by atoms with Gasteiger partial charge in [-0.05, 0) is 79.0 Å². The Morgan fingerprint density at radius 3 is 2.40 bits per heavy atom. The normalized spacial score (nSPS) is 23.3. The Labute approximate surface area is 347 Å². The molecule has 0 saturated heterocycles. The number of aliphatic hydroxyl groups excluding tert-OH is 2.